The van der Waals surface area contributed by atoms with Gasteiger partial charge < -0.3 is 25.0 Å². The Labute approximate surface area is 183 Å². The molecular formula is C22H24N4O4S. The largest absolute Gasteiger partial charge is 0.478 e. The standard InChI is InChI=1S/C22H24N4O4S/c1-22(2)9-17-18(19(27)25-22)31-21(24-17)26-5-6-30-11-14(26)7-13-10-23-16-8-12(20(28)29)3-4-15(13)16/h3-4,8,10,14,23H,5-7,9,11H2,1-2H3,(H,25,27)(H,28,29)/t14-/m0/s1. The number of rotatable bonds is 4. The average molecular weight is 441 g/mol. The highest BCUT2D eigenvalue weighted by molar-refractivity contribution is 7.17. The van der Waals surface area contributed by atoms with Gasteiger partial charge in [0.25, 0.3) is 5.91 Å². The highest BCUT2D eigenvalue weighted by Crippen LogP contribution is 2.34. The minimum atomic E-state index is -0.940. The van der Waals surface area contributed by atoms with E-state index in [4.69, 9.17) is 9.72 Å². The first-order valence-corrected chi connectivity index (χ1v) is 11.1. The summed E-state index contributed by atoms with van der Waals surface area (Å²) in [6, 6.07) is 5.22. The van der Waals surface area contributed by atoms with Crippen LogP contribution in [0, 0.1) is 0 Å². The SMILES string of the molecule is CC1(C)Cc2nc(N3CCOC[C@@H]3Cc3c[nH]c4cc(C(=O)O)ccc34)sc2C(=O)N1. The van der Waals surface area contributed by atoms with Crippen molar-refractivity contribution in [1.82, 2.24) is 15.3 Å². The number of carbonyl (C=O) groups is 2. The first kappa shape index (κ1) is 20.0. The number of fused-ring (bicyclic) bond motifs is 2. The number of carboxylic acid groups (broad SMARTS) is 1. The zero-order valence-electron chi connectivity index (χ0n) is 17.4. The smallest absolute Gasteiger partial charge is 0.335 e. The molecular weight excluding hydrogens is 416 g/mol. The van der Waals surface area contributed by atoms with Crippen molar-refractivity contribution in [3.8, 4) is 0 Å². The molecule has 1 atom stereocenters. The number of H-pyrrole nitrogens is 1. The number of carbonyl (C=O) groups excluding carboxylic acids is 1. The first-order chi connectivity index (χ1) is 14.8. The van der Waals surface area contributed by atoms with Crippen molar-refractivity contribution in [3.05, 3.63) is 46.1 Å². The van der Waals surface area contributed by atoms with Gasteiger partial charge in [-0.15, -0.1) is 0 Å². The average Bonchev–Trinajstić information content (AvgIpc) is 3.31. The van der Waals surface area contributed by atoms with Gasteiger partial charge in [-0.1, -0.05) is 17.4 Å². The molecule has 0 saturated carbocycles. The summed E-state index contributed by atoms with van der Waals surface area (Å²) in [6.45, 7) is 5.93. The van der Waals surface area contributed by atoms with Gasteiger partial charge in [-0.2, -0.15) is 0 Å². The van der Waals surface area contributed by atoms with Crippen LogP contribution in [0.25, 0.3) is 10.9 Å². The lowest BCUT2D eigenvalue weighted by Crippen LogP contribution is -2.48. The number of nitrogens with one attached hydrogen (secondary N) is 2. The highest BCUT2D eigenvalue weighted by Gasteiger charge is 2.35. The Kier molecular flexibility index (Phi) is 4.75. The summed E-state index contributed by atoms with van der Waals surface area (Å²) in [5, 5.41) is 14.1. The molecule has 2 aliphatic heterocycles. The van der Waals surface area contributed by atoms with Crippen molar-refractivity contribution < 1.29 is 19.4 Å². The molecule has 8 nitrogen and oxygen atoms in total. The van der Waals surface area contributed by atoms with Crippen LogP contribution < -0.4 is 10.2 Å². The van der Waals surface area contributed by atoms with Crippen molar-refractivity contribution in [1.29, 1.82) is 0 Å². The Hall–Kier alpha value is -2.91. The molecule has 0 aliphatic carbocycles. The summed E-state index contributed by atoms with van der Waals surface area (Å²) < 4.78 is 5.77. The number of aromatic carboxylic acids is 1. The van der Waals surface area contributed by atoms with E-state index in [-0.39, 0.29) is 23.1 Å². The lowest BCUT2D eigenvalue weighted by Gasteiger charge is -2.35. The number of anilines is 1. The second-order valence-electron chi connectivity index (χ2n) is 8.79. The Balaban J connectivity index is 1.43. The molecule has 5 rings (SSSR count). The van der Waals surface area contributed by atoms with Crippen LogP contribution in [0.4, 0.5) is 5.13 Å². The van der Waals surface area contributed by atoms with Gasteiger partial charge >= 0.3 is 5.97 Å². The van der Waals surface area contributed by atoms with E-state index >= 15 is 0 Å². The molecule has 3 N–H and O–H groups in total. The van der Waals surface area contributed by atoms with Gasteiger partial charge in [-0.05, 0) is 38.0 Å². The summed E-state index contributed by atoms with van der Waals surface area (Å²) in [6.07, 6.45) is 3.38. The third-order valence-electron chi connectivity index (χ3n) is 5.90. The van der Waals surface area contributed by atoms with Crippen molar-refractivity contribution in [2.45, 2.75) is 38.3 Å². The summed E-state index contributed by atoms with van der Waals surface area (Å²) >= 11 is 1.45. The molecule has 1 amide bonds. The maximum atomic E-state index is 12.5. The van der Waals surface area contributed by atoms with Gasteiger partial charge in [0.2, 0.25) is 0 Å². The van der Waals surface area contributed by atoms with Crippen LogP contribution in [-0.2, 0) is 17.6 Å². The second kappa shape index (κ2) is 7.35. The van der Waals surface area contributed by atoms with E-state index in [0.29, 0.717) is 31.1 Å². The van der Waals surface area contributed by atoms with Gasteiger partial charge in [0, 0.05) is 35.6 Å². The Morgan fingerprint density at radius 2 is 2.26 bits per heavy atom. The predicted molar refractivity (Wildman–Crippen MR) is 118 cm³/mol. The Bertz CT molecular complexity index is 1180. The number of nitrogens with zero attached hydrogens (tertiary/aromatic N) is 2. The summed E-state index contributed by atoms with van der Waals surface area (Å²) in [7, 11) is 0. The fourth-order valence-electron chi connectivity index (χ4n) is 4.40. The van der Waals surface area contributed by atoms with E-state index in [2.05, 4.69) is 15.2 Å². The molecule has 1 fully saturated rings. The molecule has 9 heteroatoms. The highest BCUT2D eigenvalue weighted by atomic mass is 32.1. The number of aromatic amines is 1. The van der Waals surface area contributed by atoms with Gasteiger partial charge in [0.1, 0.15) is 4.88 Å². The van der Waals surface area contributed by atoms with Crippen molar-refractivity contribution in [2.75, 3.05) is 24.7 Å². The maximum absolute atomic E-state index is 12.5. The van der Waals surface area contributed by atoms with Crippen LogP contribution in [0.5, 0.6) is 0 Å². The zero-order chi connectivity index (χ0) is 21.8. The molecule has 2 aromatic heterocycles. The first-order valence-electron chi connectivity index (χ1n) is 10.3. The number of morpholine rings is 1. The van der Waals surface area contributed by atoms with Crippen molar-refractivity contribution in [2.24, 2.45) is 0 Å². The number of amides is 1. The number of ether oxygens (including phenoxy) is 1. The van der Waals surface area contributed by atoms with E-state index < -0.39 is 5.97 Å². The predicted octanol–water partition coefficient (Wildman–Crippen LogP) is 2.83. The van der Waals surface area contributed by atoms with Crippen LogP contribution in [0.3, 0.4) is 0 Å². The minimum Gasteiger partial charge on any atom is -0.478 e. The van der Waals surface area contributed by atoms with E-state index in [1.807, 2.05) is 26.1 Å². The summed E-state index contributed by atoms with van der Waals surface area (Å²) in [4.78, 5) is 34.8. The Morgan fingerprint density at radius 3 is 3.06 bits per heavy atom. The molecule has 0 radical (unpaired) electrons. The number of aromatic nitrogens is 2. The van der Waals surface area contributed by atoms with Gasteiger partial charge in [0.15, 0.2) is 5.13 Å². The lowest BCUT2D eigenvalue weighted by molar-refractivity contribution is 0.0696. The lowest BCUT2D eigenvalue weighted by atomic mass is 9.94. The van der Waals surface area contributed by atoms with E-state index in [9.17, 15) is 14.7 Å². The van der Waals surface area contributed by atoms with Crippen molar-refractivity contribution in [3.63, 3.8) is 0 Å². The van der Waals surface area contributed by atoms with Crippen LogP contribution in [0.15, 0.2) is 24.4 Å². The number of thiazole rings is 1. The summed E-state index contributed by atoms with van der Waals surface area (Å²) in [5.41, 5.74) is 2.75. The molecule has 0 spiro atoms. The molecule has 162 valence electrons. The molecule has 0 bridgehead atoms. The van der Waals surface area contributed by atoms with E-state index in [1.54, 1.807) is 12.1 Å². The number of hydrogen-bond acceptors (Lipinski definition) is 6. The molecule has 0 unspecified atom stereocenters. The molecule has 4 heterocycles. The van der Waals surface area contributed by atoms with Crippen molar-refractivity contribution >= 4 is 39.2 Å². The molecule has 1 saturated heterocycles. The number of carboxylic acids is 1. The minimum absolute atomic E-state index is 0.0503. The van der Waals surface area contributed by atoms with Crippen LogP contribution in [-0.4, -0.2) is 58.3 Å². The molecule has 2 aliphatic rings. The molecule has 3 aromatic rings. The fourth-order valence-corrected chi connectivity index (χ4v) is 5.48. The number of hydrogen-bond donors (Lipinski definition) is 3. The maximum Gasteiger partial charge on any atom is 0.335 e. The Morgan fingerprint density at radius 1 is 1.42 bits per heavy atom. The van der Waals surface area contributed by atoms with E-state index in [1.165, 1.54) is 11.3 Å². The molecule has 31 heavy (non-hydrogen) atoms. The third kappa shape index (κ3) is 3.68. The topological polar surface area (TPSA) is 108 Å². The van der Waals surface area contributed by atoms with Crippen LogP contribution in [0.2, 0.25) is 0 Å². The fraction of sp³-hybridized carbons (Fsp3) is 0.409. The summed E-state index contributed by atoms with van der Waals surface area (Å²) in [5.74, 6) is -0.990. The zero-order valence-corrected chi connectivity index (χ0v) is 18.2. The third-order valence-corrected chi connectivity index (χ3v) is 7.03. The van der Waals surface area contributed by atoms with Gasteiger partial charge in [-0.25, -0.2) is 9.78 Å². The number of benzene rings is 1. The monoisotopic (exact) mass is 440 g/mol. The molecule has 1 aromatic carbocycles. The van der Waals surface area contributed by atoms with Crippen LogP contribution >= 0.6 is 11.3 Å². The van der Waals surface area contributed by atoms with Gasteiger partial charge in [0.05, 0.1) is 30.5 Å². The van der Waals surface area contributed by atoms with Crippen LogP contribution in [0.1, 0.15) is 45.1 Å². The quantitative estimate of drug-likeness (QED) is 0.576. The second-order valence-corrected chi connectivity index (χ2v) is 9.77. The normalized spacial score (nSPS) is 20.5. The van der Waals surface area contributed by atoms with Gasteiger partial charge in [-0.3, -0.25) is 4.79 Å². The van der Waals surface area contributed by atoms with E-state index in [0.717, 1.165) is 33.7 Å².